The summed E-state index contributed by atoms with van der Waals surface area (Å²) in [5.41, 5.74) is 2.59. The van der Waals surface area contributed by atoms with Crippen molar-refractivity contribution < 1.29 is 14.4 Å². The van der Waals surface area contributed by atoms with E-state index >= 15 is 0 Å². The Labute approximate surface area is 161 Å². The van der Waals surface area contributed by atoms with E-state index < -0.39 is 0 Å². The highest BCUT2D eigenvalue weighted by Gasteiger charge is 2.08. The first-order chi connectivity index (χ1) is 13.4. The molecular formula is C20H19N5O3. The summed E-state index contributed by atoms with van der Waals surface area (Å²) in [6.45, 7) is 2.85. The van der Waals surface area contributed by atoms with E-state index in [2.05, 4.69) is 20.9 Å². The van der Waals surface area contributed by atoms with Gasteiger partial charge < -0.3 is 20.5 Å². The quantitative estimate of drug-likeness (QED) is 0.635. The maximum absolute atomic E-state index is 12.4. The number of benzene rings is 2. The summed E-state index contributed by atoms with van der Waals surface area (Å²) in [6, 6.07) is 13.8. The van der Waals surface area contributed by atoms with Crippen LogP contribution in [0.1, 0.15) is 24.2 Å². The highest BCUT2D eigenvalue weighted by molar-refractivity contribution is 6.04. The molecule has 3 aromatic rings. The minimum Gasteiger partial charge on any atom is -0.326 e. The molecule has 3 amide bonds. The molecule has 8 heteroatoms. The molecule has 0 unspecified atom stereocenters. The smallest absolute Gasteiger partial charge is 0.255 e. The van der Waals surface area contributed by atoms with E-state index in [9.17, 15) is 14.4 Å². The predicted octanol–water partition coefficient (Wildman–Crippen LogP) is 3.04. The van der Waals surface area contributed by atoms with E-state index in [-0.39, 0.29) is 17.7 Å². The molecule has 8 nitrogen and oxygen atoms in total. The minimum absolute atomic E-state index is 0.154. The van der Waals surface area contributed by atoms with Crippen molar-refractivity contribution in [1.29, 1.82) is 0 Å². The molecule has 2 aromatic carbocycles. The zero-order valence-electron chi connectivity index (χ0n) is 15.4. The third-order valence-corrected chi connectivity index (χ3v) is 3.78. The SMILES string of the molecule is CC(=O)Nc1ccc(NC(=O)c2ccc(-n3cnc(NC(C)=O)c3)cc2)cc1. The van der Waals surface area contributed by atoms with Crippen molar-refractivity contribution in [2.24, 2.45) is 0 Å². The first-order valence-corrected chi connectivity index (χ1v) is 8.52. The Hall–Kier alpha value is -3.94. The van der Waals surface area contributed by atoms with Crippen LogP contribution in [0.2, 0.25) is 0 Å². The number of rotatable bonds is 5. The second-order valence-electron chi connectivity index (χ2n) is 6.11. The van der Waals surface area contributed by atoms with Crippen LogP contribution in [0.5, 0.6) is 0 Å². The Morgan fingerprint density at radius 1 is 0.786 bits per heavy atom. The summed E-state index contributed by atoms with van der Waals surface area (Å²) in [4.78, 5) is 38.6. The van der Waals surface area contributed by atoms with Gasteiger partial charge in [0.15, 0.2) is 5.82 Å². The third kappa shape index (κ3) is 4.82. The molecular weight excluding hydrogens is 358 g/mol. The van der Waals surface area contributed by atoms with Crippen LogP contribution in [0.25, 0.3) is 5.69 Å². The lowest BCUT2D eigenvalue weighted by Gasteiger charge is -2.08. The van der Waals surface area contributed by atoms with Gasteiger partial charge in [0, 0.05) is 36.5 Å². The lowest BCUT2D eigenvalue weighted by Crippen LogP contribution is -2.12. The van der Waals surface area contributed by atoms with Crippen LogP contribution in [0.3, 0.4) is 0 Å². The van der Waals surface area contributed by atoms with Gasteiger partial charge in [-0.05, 0) is 48.5 Å². The molecule has 0 saturated carbocycles. The molecule has 0 atom stereocenters. The number of nitrogens with one attached hydrogen (secondary N) is 3. The van der Waals surface area contributed by atoms with Gasteiger partial charge in [0.05, 0.1) is 6.20 Å². The van der Waals surface area contributed by atoms with Gasteiger partial charge in [-0.2, -0.15) is 0 Å². The summed E-state index contributed by atoms with van der Waals surface area (Å²) in [7, 11) is 0. The van der Waals surface area contributed by atoms with Crippen LogP contribution in [-0.4, -0.2) is 27.3 Å². The highest BCUT2D eigenvalue weighted by Crippen LogP contribution is 2.16. The number of hydrogen-bond acceptors (Lipinski definition) is 4. The fourth-order valence-electron chi connectivity index (χ4n) is 2.54. The van der Waals surface area contributed by atoms with Crippen LogP contribution >= 0.6 is 0 Å². The van der Waals surface area contributed by atoms with Crippen molar-refractivity contribution in [2.75, 3.05) is 16.0 Å². The number of nitrogens with zero attached hydrogens (tertiary/aromatic N) is 2. The molecule has 0 radical (unpaired) electrons. The second kappa shape index (κ2) is 8.17. The molecule has 0 bridgehead atoms. The Bertz CT molecular complexity index is 1010. The molecule has 0 aliphatic heterocycles. The molecule has 0 spiro atoms. The average Bonchev–Trinajstić information content (AvgIpc) is 3.11. The Morgan fingerprint density at radius 2 is 1.36 bits per heavy atom. The summed E-state index contributed by atoms with van der Waals surface area (Å²) in [5.74, 6) is -0.137. The molecule has 28 heavy (non-hydrogen) atoms. The van der Waals surface area contributed by atoms with Crippen molar-refractivity contribution in [1.82, 2.24) is 9.55 Å². The van der Waals surface area contributed by atoms with Crippen molar-refractivity contribution in [3.63, 3.8) is 0 Å². The van der Waals surface area contributed by atoms with Crippen molar-refractivity contribution >= 4 is 34.9 Å². The van der Waals surface area contributed by atoms with Gasteiger partial charge in [-0.25, -0.2) is 4.98 Å². The van der Waals surface area contributed by atoms with Gasteiger partial charge in [-0.3, -0.25) is 14.4 Å². The summed E-state index contributed by atoms with van der Waals surface area (Å²) < 4.78 is 1.74. The van der Waals surface area contributed by atoms with E-state index in [4.69, 9.17) is 0 Å². The molecule has 0 aliphatic carbocycles. The number of hydrogen-bond donors (Lipinski definition) is 3. The van der Waals surface area contributed by atoms with Gasteiger partial charge in [-0.1, -0.05) is 0 Å². The number of carbonyl (C=O) groups excluding carboxylic acids is 3. The number of carbonyl (C=O) groups is 3. The van der Waals surface area contributed by atoms with Gasteiger partial charge in [0.25, 0.3) is 5.91 Å². The number of aromatic nitrogens is 2. The van der Waals surface area contributed by atoms with Crippen molar-refractivity contribution in [3.8, 4) is 5.69 Å². The fraction of sp³-hybridized carbons (Fsp3) is 0.100. The van der Waals surface area contributed by atoms with Crippen LogP contribution in [-0.2, 0) is 9.59 Å². The van der Waals surface area contributed by atoms with Gasteiger partial charge >= 0.3 is 0 Å². The van der Waals surface area contributed by atoms with E-state index in [1.807, 2.05) is 0 Å². The largest absolute Gasteiger partial charge is 0.326 e. The van der Waals surface area contributed by atoms with Crippen molar-refractivity contribution in [2.45, 2.75) is 13.8 Å². The average molecular weight is 377 g/mol. The minimum atomic E-state index is -0.247. The number of anilines is 3. The predicted molar refractivity (Wildman–Crippen MR) is 107 cm³/mol. The molecule has 142 valence electrons. The second-order valence-corrected chi connectivity index (χ2v) is 6.11. The maximum Gasteiger partial charge on any atom is 0.255 e. The standard InChI is InChI=1S/C20H19N5O3/c1-13(26)22-16-5-7-17(8-6-16)24-20(28)15-3-9-18(10-4-15)25-11-19(21-12-25)23-14(2)27/h3-12H,1-2H3,(H,22,26)(H,23,27)(H,24,28). The monoisotopic (exact) mass is 377 g/mol. The molecule has 1 aromatic heterocycles. The molecule has 0 saturated heterocycles. The Morgan fingerprint density at radius 3 is 1.93 bits per heavy atom. The van der Waals surface area contributed by atoms with E-state index in [1.54, 1.807) is 65.6 Å². The molecule has 0 aliphatic rings. The first kappa shape index (κ1) is 18.8. The lowest BCUT2D eigenvalue weighted by molar-refractivity contribution is -0.115. The zero-order chi connectivity index (χ0) is 20.1. The van der Waals surface area contributed by atoms with E-state index in [0.29, 0.717) is 22.8 Å². The molecule has 1 heterocycles. The van der Waals surface area contributed by atoms with Gasteiger partial charge in [-0.15, -0.1) is 0 Å². The number of imidazole rings is 1. The van der Waals surface area contributed by atoms with E-state index in [1.165, 1.54) is 13.8 Å². The summed E-state index contributed by atoms with van der Waals surface area (Å²) in [6.07, 6.45) is 3.27. The third-order valence-electron chi connectivity index (χ3n) is 3.78. The topological polar surface area (TPSA) is 105 Å². The highest BCUT2D eigenvalue weighted by atomic mass is 16.2. The fourth-order valence-corrected chi connectivity index (χ4v) is 2.54. The van der Waals surface area contributed by atoms with Crippen molar-refractivity contribution in [3.05, 3.63) is 66.6 Å². The maximum atomic E-state index is 12.4. The Balaban J connectivity index is 1.65. The van der Waals surface area contributed by atoms with Gasteiger partial charge in [0.1, 0.15) is 6.33 Å². The van der Waals surface area contributed by atoms with Crippen LogP contribution in [0.15, 0.2) is 61.1 Å². The lowest BCUT2D eigenvalue weighted by atomic mass is 10.2. The van der Waals surface area contributed by atoms with E-state index in [0.717, 1.165) is 5.69 Å². The summed E-state index contributed by atoms with van der Waals surface area (Å²) >= 11 is 0. The van der Waals surface area contributed by atoms with Crippen LogP contribution in [0, 0.1) is 0 Å². The molecule has 3 rings (SSSR count). The normalized spacial score (nSPS) is 10.2. The van der Waals surface area contributed by atoms with Crippen LogP contribution < -0.4 is 16.0 Å². The Kier molecular flexibility index (Phi) is 5.50. The van der Waals surface area contributed by atoms with Crippen LogP contribution in [0.4, 0.5) is 17.2 Å². The van der Waals surface area contributed by atoms with Gasteiger partial charge in [0.2, 0.25) is 11.8 Å². The summed E-state index contributed by atoms with van der Waals surface area (Å²) in [5, 5.41) is 8.08. The first-order valence-electron chi connectivity index (χ1n) is 8.52. The molecule has 0 fully saturated rings. The number of amides is 3. The zero-order valence-corrected chi connectivity index (χ0v) is 15.4. The molecule has 3 N–H and O–H groups in total.